The summed E-state index contributed by atoms with van der Waals surface area (Å²) in [4.78, 5) is 29.6. The second kappa shape index (κ2) is 7.05. The van der Waals surface area contributed by atoms with Gasteiger partial charge in [-0.25, -0.2) is 0 Å². The number of aromatic nitrogens is 1. The van der Waals surface area contributed by atoms with Crippen molar-refractivity contribution in [1.82, 2.24) is 20.5 Å². The summed E-state index contributed by atoms with van der Waals surface area (Å²) >= 11 is 0. The van der Waals surface area contributed by atoms with E-state index in [4.69, 9.17) is 0 Å². The maximum absolute atomic E-state index is 12.3. The molecule has 2 atom stereocenters. The molecule has 2 aromatic rings. The number of para-hydroxylation sites is 1. The van der Waals surface area contributed by atoms with Crippen LogP contribution in [-0.4, -0.2) is 54.9 Å². The Morgan fingerprint density at radius 1 is 1.29 bits per heavy atom. The van der Waals surface area contributed by atoms with Crippen LogP contribution in [0.2, 0.25) is 0 Å². The first-order chi connectivity index (χ1) is 11.6. The molecule has 1 fully saturated rings. The minimum Gasteiger partial charge on any atom is -0.361 e. The van der Waals surface area contributed by atoms with Crippen molar-refractivity contribution in [3.63, 3.8) is 0 Å². The van der Waals surface area contributed by atoms with Crippen molar-refractivity contribution in [2.75, 3.05) is 27.2 Å². The summed E-state index contributed by atoms with van der Waals surface area (Å²) < 4.78 is 0. The minimum atomic E-state index is -0.183. The van der Waals surface area contributed by atoms with Crippen LogP contribution in [0, 0.1) is 5.92 Å². The maximum Gasteiger partial charge on any atom is 0.226 e. The highest BCUT2D eigenvalue weighted by atomic mass is 16.2. The monoisotopic (exact) mass is 328 g/mol. The van der Waals surface area contributed by atoms with Gasteiger partial charge in [-0.2, -0.15) is 0 Å². The fourth-order valence-electron chi connectivity index (χ4n) is 3.46. The number of amides is 2. The number of hydrogen-bond acceptors (Lipinski definition) is 3. The molecule has 0 aliphatic carbocycles. The lowest BCUT2D eigenvalue weighted by Gasteiger charge is -2.18. The molecule has 2 amide bonds. The summed E-state index contributed by atoms with van der Waals surface area (Å²) in [5.41, 5.74) is 2.23. The lowest BCUT2D eigenvalue weighted by Crippen LogP contribution is -2.45. The van der Waals surface area contributed by atoms with E-state index >= 15 is 0 Å². The molecule has 0 radical (unpaired) electrons. The number of rotatable bonds is 5. The molecule has 1 aliphatic heterocycles. The summed E-state index contributed by atoms with van der Waals surface area (Å²) in [6.45, 7) is 1.38. The smallest absolute Gasteiger partial charge is 0.226 e. The third-order valence-corrected chi connectivity index (χ3v) is 4.73. The van der Waals surface area contributed by atoms with Crippen molar-refractivity contribution in [2.24, 2.45) is 5.92 Å². The molecule has 2 heterocycles. The number of H-pyrrole nitrogens is 1. The maximum atomic E-state index is 12.3. The summed E-state index contributed by atoms with van der Waals surface area (Å²) in [5, 5.41) is 6.88. The van der Waals surface area contributed by atoms with Crippen LogP contribution in [0.5, 0.6) is 0 Å². The normalized spacial score (nSPS) is 21.1. The first kappa shape index (κ1) is 16.5. The molecule has 6 heteroatoms. The lowest BCUT2D eigenvalue weighted by molar-refractivity contribution is -0.125. The standard InChI is InChI=1S/C18H24N4O2/c1-19-18(24)14-10-22(2)11-16(14)21-17(23)8-7-12-9-20-15-6-4-3-5-13(12)15/h3-6,9,14,16,20H,7-8,10-11H2,1-2H3,(H,19,24)(H,21,23)/t14-,16+/m1/s1. The zero-order valence-corrected chi connectivity index (χ0v) is 14.1. The molecule has 3 rings (SSSR count). The number of likely N-dealkylation sites (N-methyl/N-ethyl adjacent to an activating group) is 1. The summed E-state index contributed by atoms with van der Waals surface area (Å²) in [7, 11) is 3.60. The Balaban J connectivity index is 1.58. The average molecular weight is 328 g/mol. The van der Waals surface area contributed by atoms with Crippen LogP contribution in [-0.2, 0) is 16.0 Å². The van der Waals surface area contributed by atoms with E-state index in [-0.39, 0.29) is 23.8 Å². The Morgan fingerprint density at radius 3 is 2.88 bits per heavy atom. The van der Waals surface area contributed by atoms with Gasteiger partial charge in [0.05, 0.1) is 12.0 Å². The second-order valence-electron chi connectivity index (χ2n) is 6.48. The van der Waals surface area contributed by atoms with Gasteiger partial charge in [0.25, 0.3) is 0 Å². The zero-order valence-electron chi connectivity index (χ0n) is 14.1. The van der Waals surface area contributed by atoms with Crippen molar-refractivity contribution in [1.29, 1.82) is 0 Å². The molecule has 24 heavy (non-hydrogen) atoms. The first-order valence-electron chi connectivity index (χ1n) is 8.33. The molecular weight excluding hydrogens is 304 g/mol. The highest BCUT2D eigenvalue weighted by Gasteiger charge is 2.36. The second-order valence-corrected chi connectivity index (χ2v) is 6.48. The molecule has 1 saturated heterocycles. The summed E-state index contributed by atoms with van der Waals surface area (Å²) in [6.07, 6.45) is 3.07. The van der Waals surface area contributed by atoms with Gasteiger partial charge < -0.3 is 20.5 Å². The number of likely N-dealkylation sites (tertiary alicyclic amines) is 1. The average Bonchev–Trinajstić information content (AvgIpc) is 3.15. The van der Waals surface area contributed by atoms with E-state index in [1.165, 1.54) is 0 Å². The Bertz CT molecular complexity index is 739. The van der Waals surface area contributed by atoms with E-state index in [0.29, 0.717) is 25.9 Å². The largest absolute Gasteiger partial charge is 0.361 e. The van der Waals surface area contributed by atoms with Gasteiger partial charge in [-0.1, -0.05) is 18.2 Å². The number of carbonyl (C=O) groups excluding carboxylic acids is 2. The van der Waals surface area contributed by atoms with E-state index in [9.17, 15) is 9.59 Å². The van der Waals surface area contributed by atoms with Crippen LogP contribution < -0.4 is 10.6 Å². The van der Waals surface area contributed by atoms with E-state index in [1.54, 1.807) is 7.05 Å². The van der Waals surface area contributed by atoms with Crippen molar-refractivity contribution >= 4 is 22.7 Å². The molecule has 0 unspecified atom stereocenters. The first-order valence-corrected chi connectivity index (χ1v) is 8.33. The van der Waals surface area contributed by atoms with Crippen LogP contribution in [0.3, 0.4) is 0 Å². The van der Waals surface area contributed by atoms with Gasteiger partial charge in [0.15, 0.2) is 0 Å². The van der Waals surface area contributed by atoms with Crippen molar-refractivity contribution in [2.45, 2.75) is 18.9 Å². The van der Waals surface area contributed by atoms with E-state index in [2.05, 4.69) is 26.6 Å². The molecule has 128 valence electrons. The van der Waals surface area contributed by atoms with Gasteiger partial charge in [0.2, 0.25) is 11.8 Å². The van der Waals surface area contributed by atoms with Crippen LogP contribution in [0.4, 0.5) is 0 Å². The van der Waals surface area contributed by atoms with Crippen LogP contribution in [0.15, 0.2) is 30.5 Å². The quantitative estimate of drug-likeness (QED) is 0.763. The molecule has 1 aromatic carbocycles. The van der Waals surface area contributed by atoms with Gasteiger partial charge >= 0.3 is 0 Å². The third-order valence-electron chi connectivity index (χ3n) is 4.73. The Labute approximate surface area is 141 Å². The van der Waals surface area contributed by atoms with Gasteiger partial charge in [-0.05, 0) is 25.1 Å². The lowest BCUT2D eigenvalue weighted by atomic mass is 10.0. The van der Waals surface area contributed by atoms with Crippen LogP contribution >= 0.6 is 0 Å². The van der Waals surface area contributed by atoms with E-state index in [1.807, 2.05) is 31.4 Å². The molecule has 0 saturated carbocycles. The molecule has 1 aliphatic rings. The highest BCUT2D eigenvalue weighted by molar-refractivity contribution is 5.85. The third kappa shape index (κ3) is 3.43. The van der Waals surface area contributed by atoms with Crippen molar-refractivity contribution < 1.29 is 9.59 Å². The summed E-state index contributed by atoms with van der Waals surface area (Å²) in [5.74, 6) is -0.201. The van der Waals surface area contributed by atoms with Crippen molar-refractivity contribution in [3.8, 4) is 0 Å². The Morgan fingerprint density at radius 2 is 2.08 bits per heavy atom. The van der Waals surface area contributed by atoms with Gasteiger partial charge in [0.1, 0.15) is 0 Å². The zero-order chi connectivity index (χ0) is 17.1. The Kier molecular flexibility index (Phi) is 4.85. The molecule has 1 aromatic heterocycles. The number of nitrogens with one attached hydrogen (secondary N) is 3. The fraction of sp³-hybridized carbons (Fsp3) is 0.444. The van der Waals surface area contributed by atoms with E-state index < -0.39 is 0 Å². The predicted molar refractivity (Wildman–Crippen MR) is 93.6 cm³/mol. The number of fused-ring (bicyclic) bond motifs is 1. The number of nitrogens with zero attached hydrogens (tertiary/aromatic N) is 1. The molecule has 6 nitrogen and oxygen atoms in total. The van der Waals surface area contributed by atoms with Crippen molar-refractivity contribution in [3.05, 3.63) is 36.0 Å². The Hall–Kier alpha value is -2.34. The minimum absolute atomic E-state index is 0.00511. The van der Waals surface area contributed by atoms with Crippen LogP contribution in [0.25, 0.3) is 10.9 Å². The van der Waals surface area contributed by atoms with Crippen LogP contribution in [0.1, 0.15) is 12.0 Å². The fourth-order valence-corrected chi connectivity index (χ4v) is 3.46. The van der Waals surface area contributed by atoms with Gasteiger partial charge in [0, 0.05) is 43.7 Å². The van der Waals surface area contributed by atoms with Gasteiger partial charge in [-0.3, -0.25) is 9.59 Å². The molecule has 0 spiro atoms. The summed E-state index contributed by atoms with van der Waals surface area (Å²) in [6, 6.07) is 7.96. The number of aromatic amines is 1. The molecular formula is C18H24N4O2. The van der Waals surface area contributed by atoms with Gasteiger partial charge in [-0.15, -0.1) is 0 Å². The molecule has 3 N–H and O–H groups in total. The number of hydrogen-bond donors (Lipinski definition) is 3. The molecule has 0 bridgehead atoms. The predicted octanol–water partition coefficient (Wildman–Crippen LogP) is 0.893. The number of carbonyl (C=O) groups is 2. The number of aryl methyl sites for hydroxylation is 1. The highest BCUT2D eigenvalue weighted by Crippen LogP contribution is 2.19. The SMILES string of the molecule is CNC(=O)[C@@H]1CN(C)C[C@@H]1NC(=O)CCc1c[nH]c2ccccc12. The number of benzene rings is 1. The topological polar surface area (TPSA) is 77.2 Å². The van der Waals surface area contributed by atoms with E-state index in [0.717, 1.165) is 16.5 Å².